The predicted molar refractivity (Wildman–Crippen MR) is 77.6 cm³/mol. The van der Waals surface area contributed by atoms with Crippen LogP contribution in [0.2, 0.25) is 10.0 Å². The number of phosphoric ester groups is 1. The Balaban J connectivity index is 3.05. The summed E-state index contributed by atoms with van der Waals surface area (Å²) in [7, 11) is -2.50. The Bertz CT molecular complexity index is 519. The number of hydrogen-bond donors (Lipinski definition) is 0. The van der Waals surface area contributed by atoms with Crippen LogP contribution < -0.4 is 0 Å². The first-order chi connectivity index (χ1) is 8.95. The Morgan fingerprint density at radius 1 is 1.42 bits per heavy atom. The van der Waals surface area contributed by atoms with Gasteiger partial charge in [0.1, 0.15) is 0 Å². The summed E-state index contributed by atoms with van der Waals surface area (Å²) in [5.74, 6) is 0.0713. The molecule has 0 radical (unpaired) electrons. The van der Waals surface area contributed by atoms with Gasteiger partial charge in [0, 0.05) is 23.2 Å². The molecule has 4 nitrogen and oxygen atoms in total. The molecule has 0 bridgehead atoms. The van der Waals surface area contributed by atoms with Crippen LogP contribution in [-0.4, -0.2) is 13.7 Å². The molecule has 1 aromatic carbocycles. The third-order valence-corrected chi connectivity index (χ3v) is 4.20. The molecule has 0 aromatic heterocycles. The van der Waals surface area contributed by atoms with Gasteiger partial charge in [-0.2, -0.15) is 0 Å². The standard InChI is InChI=1S/C11H12Cl3O4P/c1-3-17-19(15,16-2)18-11(7-12)9-5-4-8(13)6-10(9)14/h4-7H,3H2,1-2H3. The van der Waals surface area contributed by atoms with E-state index in [-0.39, 0.29) is 12.4 Å². The average Bonchev–Trinajstić information content (AvgIpc) is 2.37. The van der Waals surface area contributed by atoms with Crippen LogP contribution in [0.15, 0.2) is 23.7 Å². The first-order valence-corrected chi connectivity index (χ1v) is 7.86. The number of benzene rings is 1. The lowest BCUT2D eigenvalue weighted by Crippen LogP contribution is -1.98. The molecular weight excluding hydrogens is 333 g/mol. The minimum Gasteiger partial charge on any atom is -0.402 e. The van der Waals surface area contributed by atoms with Crippen molar-refractivity contribution >= 4 is 48.4 Å². The third kappa shape index (κ3) is 4.67. The summed E-state index contributed by atoms with van der Waals surface area (Å²) in [6, 6.07) is 4.70. The van der Waals surface area contributed by atoms with Crippen molar-refractivity contribution in [2.45, 2.75) is 6.92 Å². The maximum absolute atomic E-state index is 12.1. The summed E-state index contributed by atoms with van der Waals surface area (Å²) in [6.45, 7) is 1.82. The first-order valence-electron chi connectivity index (χ1n) is 5.21. The van der Waals surface area contributed by atoms with Gasteiger partial charge < -0.3 is 4.52 Å². The van der Waals surface area contributed by atoms with Crippen molar-refractivity contribution in [1.29, 1.82) is 0 Å². The van der Waals surface area contributed by atoms with Gasteiger partial charge in [0.05, 0.1) is 11.6 Å². The smallest absolute Gasteiger partial charge is 0.402 e. The van der Waals surface area contributed by atoms with Crippen molar-refractivity contribution < 1.29 is 18.1 Å². The zero-order valence-corrected chi connectivity index (χ0v) is 13.4. The van der Waals surface area contributed by atoms with Crippen molar-refractivity contribution in [3.8, 4) is 0 Å². The lowest BCUT2D eigenvalue weighted by atomic mass is 10.2. The molecule has 0 fully saturated rings. The molecule has 1 unspecified atom stereocenters. The van der Waals surface area contributed by atoms with Crippen molar-refractivity contribution in [3.05, 3.63) is 39.3 Å². The van der Waals surface area contributed by atoms with Crippen molar-refractivity contribution in [3.63, 3.8) is 0 Å². The summed E-state index contributed by atoms with van der Waals surface area (Å²) in [4.78, 5) is 0. The van der Waals surface area contributed by atoms with Crippen LogP contribution >= 0.6 is 42.6 Å². The van der Waals surface area contributed by atoms with Gasteiger partial charge in [0.15, 0.2) is 5.76 Å². The van der Waals surface area contributed by atoms with E-state index in [1.54, 1.807) is 19.1 Å². The van der Waals surface area contributed by atoms with E-state index < -0.39 is 7.82 Å². The second kappa shape index (κ2) is 7.53. The van der Waals surface area contributed by atoms with Gasteiger partial charge in [0.25, 0.3) is 0 Å². The van der Waals surface area contributed by atoms with E-state index >= 15 is 0 Å². The summed E-state index contributed by atoms with van der Waals surface area (Å²) >= 11 is 17.5. The van der Waals surface area contributed by atoms with Gasteiger partial charge in [0.2, 0.25) is 0 Å². The van der Waals surface area contributed by atoms with Crippen LogP contribution in [0.5, 0.6) is 0 Å². The Kier molecular flexibility index (Phi) is 6.67. The molecule has 1 rings (SSSR count). The second-order valence-corrected chi connectivity index (χ2v) is 6.00. The minimum absolute atomic E-state index is 0.0713. The Morgan fingerprint density at radius 3 is 2.58 bits per heavy atom. The van der Waals surface area contributed by atoms with Gasteiger partial charge in [-0.05, 0) is 25.1 Å². The van der Waals surface area contributed by atoms with Crippen molar-refractivity contribution in [1.82, 2.24) is 0 Å². The number of rotatable bonds is 6. The minimum atomic E-state index is -3.71. The zero-order chi connectivity index (χ0) is 14.5. The molecule has 1 aromatic rings. The normalized spacial score (nSPS) is 15.1. The van der Waals surface area contributed by atoms with E-state index in [2.05, 4.69) is 0 Å². The van der Waals surface area contributed by atoms with Gasteiger partial charge >= 0.3 is 7.82 Å². The molecule has 8 heteroatoms. The molecular formula is C11H12Cl3O4P. The van der Waals surface area contributed by atoms with Gasteiger partial charge in [-0.25, -0.2) is 4.57 Å². The van der Waals surface area contributed by atoms with Gasteiger partial charge in [-0.1, -0.05) is 34.8 Å². The quantitative estimate of drug-likeness (QED) is 0.516. The fraction of sp³-hybridized carbons (Fsp3) is 0.273. The molecule has 19 heavy (non-hydrogen) atoms. The largest absolute Gasteiger partial charge is 0.529 e. The van der Waals surface area contributed by atoms with E-state index in [4.69, 9.17) is 48.4 Å². The molecule has 0 N–H and O–H groups in total. The van der Waals surface area contributed by atoms with Crippen LogP contribution in [0, 0.1) is 0 Å². The Morgan fingerprint density at radius 2 is 2.11 bits per heavy atom. The fourth-order valence-corrected chi connectivity index (χ4v) is 2.88. The summed E-state index contributed by atoms with van der Waals surface area (Å²) in [5, 5.41) is 0.765. The summed E-state index contributed by atoms with van der Waals surface area (Å²) in [6.07, 6.45) is 0. The molecule has 0 aliphatic rings. The molecule has 0 spiro atoms. The van der Waals surface area contributed by atoms with E-state index in [1.165, 1.54) is 13.2 Å². The SMILES string of the molecule is CCOP(=O)(OC)OC(=CCl)c1ccc(Cl)cc1Cl. The van der Waals surface area contributed by atoms with Crippen LogP contribution in [0.4, 0.5) is 0 Å². The molecule has 0 saturated heterocycles. The highest BCUT2D eigenvalue weighted by Gasteiger charge is 2.28. The van der Waals surface area contributed by atoms with E-state index in [0.717, 1.165) is 5.54 Å². The monoisotopic (exact) mass is 344 g/mol. The van der Waals surface area contributed by atoms with Gasteiger partial charge in [-0.15, -0.1) is 0 Å². The molecule has 0 amide bonds. The van der Waals surface area contributed by atoms with Crippen LogP contribution in [0.25, 0.3) is 5.76 Å². The fourth-order valence-electron chi connectivity index (χ4n) is 1.21. The van der Waals surface area contributed by atoms with Crippen molar-refractivity contribution in [2.75, 3.05) is 13.7 Å². The number of phosphoric acid groups is 1. The predicted octanol–water partition coefficient (Wildman–Crippen LogP) is 5.34. The topological polar surface area (TPSA) is 44.8 Å². The maximum atomic E-state index is 12.1. The van der Waals surface area contributed by atoms with Crippen LogP contribution in [0.3, 0.4) is 0 Å². The first kappa shape index (κ1) is 16.8. The Hall–Kier alpha value is -0.220. The highest BCUT2D eigenvalue weighted by Crippen LogP contribution is 2.52. The van der Waals surface area contributed by atoms with Crippen molar-refractivity contribution in [2.24, 2.45) is 0 Å². The summed E-state index contributed by atoms with van der Waals surface area (Å²) in [5.41, 5.74) is 1.53. The van der Waals surface area contributed by atoms with Crippen LogP contribution in [-0.2, 0) is 18.1 Å². The molecule has 106 valence electrons. The van der Waals surface area contributed by atoms with E-state index in [9.17, 15) is 4.57 Å². The highest BCUT2D eigenvalue weighted by molar-refractivity contribution is 7.48. The maximum Gasteiger partial charge on any atom is 0.529 e. The lowest BCUT2D eigenvalue weighted by Gasteiger charge is -2.18. The molecule has 0 saturated carbocycles. The summed E-state index contributed by atoms with van der Waals surface area (Å²) < 4.78 is 26.9. The van der Waals surface area contributed by atoms with E-state index in [0.29, 0.717) is 15.6 Å². The number of hydrogen-bond acceptors (Lipinski definition) is 4. The zero-order valence-electron chi connectivity index (χ0n) is 10.2. The molecule has 0 aliphatic heterocycles. The van der Waals surface area contributed by atoms with Crippen LogP contribution in [0.1, 0.15) is 12.5 Å². The Labute approximate surface area is 126 Å². The average molecular weight is 346 g/mol. The molecule has 0 heterocycles. The molecule has 0 aliphatic carbocycles. The molecule has 1 atom stereocenters. The second-order valence-electron chi connectivity index (χ2n) is 3.24. The highest BCUT2D eigenvalue weighted by atomic mass is 35.5. The van der Waals surface area contributed by atoms with Gasteiger partial charge in [-0.3, -0.25) is 9.05 Å². The van der Waals surface area contributed by atoms with E-state index in [1.807, 2.05) is 0 Å². The third-order valence-electron chi connectivity index (χ3n) is 2.02. The lowest BCUT2D eigenvalue weighted by molar-refractivity contribution is 0.178. The number of halogens is 3.